The van der Waals surface area contributed by atoms with Crippen molar-refractivity contribution in [2.45, 2.75) is 39.0 Å². The molecule has 0 aromatic heterocycles. The largest absolute Gasteiger partial charge is 0.347 e. The Morgan fingerprint density at radius 1 is 1.09 bits per heavy atom. The van der Waals surface area contributed by atoms with Gasteiger partial charge in [0.05, 0.1) is 6.54 Å². The van der Waals surface area contributed by atoms with Crippen LogP contribution in [0.15, 0.2) is 24.3 Å². The minimum absolute atomic E-state index is 0.0124. The molecule has 1 saturated carbocycles. The fraction of sp³-hybridized carbons (Fsp3) is 0.471. The summed E-state index contributed by atoms with van der Waals surface area (Å²) >= 11 is 0. The molecule has 0 radical (unpaired) electrons. The van der Waals surface area contributed by atoms with Crippen molar-refractivity contribution in [1.82, 2.24) is 16.2 Å². The van der Waals surface area contributed by atoms with Crippen LogP contribution in [-0.2, 0) is 9.59 Å². The van der Waals surface area contributed by atoms with Gasteiger partial charge in [0.1, 0.15) is 0 Å². The summed E-state index contributed by atoms with van der Waals surface area (Å²) in [6.07, 6.45) is 5.08. The Bertz CT molecular complexity index is 580. The molecule has 1 aliphatic carbocycles. The number of rotatable bonds is 4. The van der Waals surface area contributed by atoms with Gasteiger partial charge < -0.3 is 5.32 Å². The van der Waals surface area contributed by atoms with Crippen molar-refractivity contribution in [3.63, 3.8) is 0 Å². The SMILES string of the molecule is Cc1cccc(C(=O)NNC(=O)CNC(=O)C2CCCCC2)c1. The number of carbonyl (C=O) groups is 3. The summed E-state index contributed by atoms with van der Waals surface area (Å²) in [6.45, 7) is 1.75. The molecule has 0 heterocycles. The third kappa shape index (κ3) is 5.39. The number of aryl methyl sites for hydroxylation is 1. The first-order valence-electron chi connectivity index (χ1n) is 8.00. The highest BCUT2D eigenvalue weighted by atomic mass is 16.2. The van der Waals surface area contributed by atoms with Gasteiger partial charge in [0.2, 0.25) is 5.91 Å². The zero-order chi connectivity index (χ0) is 16.7. The number of nitrogens with one attached hydrogen (secondary N) is 3. The Kier molecular flexibility index (Phi) is 6.14. The van der Waals surface area contributed by atoms with Crippen LogP contribution in [0.25, 0.3) is 0 Å². The van der Waals surface area contributed by atoms with Crippen LogP contribution in [0.4, 0.5) is 0 Å². The minimum atomic E-state index is -0.449. The van der Waals surface area contributed by atoms with E-state index in [1.807, 2.05) is 13.0 Å². The van der Waals surface area contributed by atoms with Gasteiger partial charge in [0.25, 0.3) is 11.8 Å². The Balaban J connectivity index is 1.70. The monoisotopic (exact) mass is 317 g/mol. The van der Waals surface area contributed by atoms with E-state index in [1.165, 1.54) is 6.42 Å². The standard InChI is InChI=1S/C17H23N3O3/c1-12-6-5-9-14(10-12)17(23)20-19-15(21)11-18-16(22)13-7-3-2-4-8-13/h5-6,9-10,13H,2-4,7-8,11H2,1H3,(H,18,22)(H,19,21)(H,20,23). The maximum Gasteiger partial charge on any atom is 0.269 e. The Morgan fingerprint density at radius 3 is 2.52 bits per heavy atom. The lowest BCUT2D eigenvalue weighted by molar-refractivity contribution is -0.129. The number of hydrazine groups is 1. The molecule has 0 atom stereocenters. The van der Waals surface area contributed by atoms with E-state index in [1.54, 1.807) is 18.2 Å². The fourth-order valence-electron chi connectivity index (χ4n) is 2.71. The highest BCUT2D eigenvalue weighted by molar-refractivity contribution is 5.96. The summed E-state index contributed by atoms with van der Waals surface area (Å²) in [5.74, 6) is -0.904. The van der Waals surface area contributed by atoms with Gasteiger partial charge in [-0.15, -0.1) is 0 Å². The van der Waals surface area contributed by atoms with Crippen LogP contribution in [-0.4, -0.2) is 24.3 Å². The van der Waals surface area contributed by atoms with Gasteiger partial charge in [-0.2, -0.15) is 0 Å². The van der Waals surface area contributed by atoms with E-state index in [-0.39, 0.29) is 24.3 Å². The molecule has 6 heteroatoms. The molecule has 3 amide bonds. The van der Waals surface area contributed by atoms with Crippen molar-refractivity contribution >= 4 is 17.7 Å². The molecule has 0 spiro atoms. The molecule has 1 fully saturated rings. The number of benzene rings is 1. The Labute approximate surface area is 136 Å². The number of hydrogen-bond acceptors (Lipinski definition) is 3. The molecular weight excluding hydrogens is 294 g/mol. The maximum atomic E-state index is 11.9. The van der Waals surface area contributed by atoms with Crippen molar-refractivity contribution in [3.05, 3.63) is 35.4 Å². The third-order valence-corrected chi connectivity index (χ3v) is 3.99. The van der Waals surface area contributed by atoms with Crippen LogP contribution in [0.1, 0.15) is 48.0 Å². The summed E-state index contributed by atoms with van der Waals surface area (Å²) in [5.41, 5.74) is 6.08. The predicted octanol–water partition coefficient (Wildman–Crippen LogP) is 1.45. The first-order chi connectivity index (χ1) is 11.1. The number of hydrogen-bond donors (Lipinski definition) is 3. The Morgan fingerprint density at radius 2 is 1.83 bits per heavy atom. The highest BCUT2D eigenvalue weighted by Crippen LogP contribution is 2.23. The second-order valence-corrected chi connectivity index (χ2v) is 5.92. The van der Waals surface area contributed by atoms with Gasteiger partial charge in [-0.1, -0.05) is 37.0 Å². The van der Waals surface area contributed by atoms with Crippen LogP contribution in [0.3, 0.4) is 0 Å². The van der Waals surface area contributed by atoms with Crippen molar-refractivity contribution in [1.29, 1.82) is 0 Å². The lowest BCUT2D eigenvalue weighted by atomic mass is 9.89. The second-order valence-electron chi connectivity index (χ2n) is 5.92. The normalized spacial score (nSPS) is 14.8. The van der Waals surface area contributed by atoms with Gasteiger partial charge in [-0.25, -0.2) is 0 Å². The third-order valence-electron chi connectivity index (χ3n) is 3.99. The fourth-order valence-corrected chi connectivity index (χ4v) is 2.71. The predicted molar refractivity (Wildman–Crippen MR) is 86.4 cm³/mol. The zero-order valence-corrected chi connectivity index (χ0v) is 13.4. The molecule has 23 heavy (non-hydrogen) atoms. The van der Waals surface area contributed by atoms with E-state index >= 15 is 0 Å². The first-order valence-corrected chi connectivity index (χ1v) is 8.00. The second kappa shape index (κ2) is 8.31. The van der Waals surface area contributed by atoms with Crippen molar-refractivity contribution < 1.29 is 14.4 Å². The van der Waals surface area contributed by atoms with Gasteiger partial charge in [0.15, 0.2) is 0 Å². The molecule has 0 saturated heterocycles. The molecule has 0 aliphatic heterocycles. The van der Waals surface area contributed by atoms with Crippen molar-refractivity contribution in [3.8, 4) is 0 Å². The van der Waals surface area contributed by atoms with Crippen LogP contribution < -0.4 is 16.2 Å². The van der Waals surface area contributed by atoms with Gasteiger partial charge >= 0.3 is 0 Å². The van der Waals surface area contributed by atoms with Gasteiger partial charge in [-0.3, -0.25) is 25.2 Å². The summed E-state index contributed by atoms with van der Waals surface area (Å²) in [4.78, 5) is 35.5. The molecule has 0 unspecified atom stereocenters. The molecule has 1 aromatic carbocycles. The first kappa shape index (κ1) is 17.0. The van der Waals surface area contributed by atoms with Gasteiger partial charge in [-0.05, 0) is 31.9 Å². The average molecular weight is 317 g/mol. The van der Waals surface area contributed by atoms with Crippen LogP contribution in [0, 0.1) is 12.8 Å². The summed E-state index contributed by atoms with van der Waals surface area (Å²) in [5, 5.41) is 2.62. The lowest BCUT2D eigenvalue weighted by Crippen LogP contribution is -2.47. The molecule has 0 bridgehead atoms. The molecular formula is C17H23N3O3. The summed E-state index contributed by atoms with van der Waals surface area (Å²) in [6, 6.07) is 7.05. The number of carbonyl (C=O) groups excluding carboxylic acids is 3. The topological polar surface area (TPSA) is 87.3 Å². The van der Waals surface area contributed by atoms with Crippen molar-refractivity contribution in [2.24, 2.45) is 5.92 Å². The summed E-state index contributed by atoms with van der Waals surface area (Å²) in [7, 11) is 0. The smallest absolute Gasteiger partial charge is 0.269 e. The van der Waals surface area contributed by atoms with Crippen LogP contribution >= 0.6 is 0 Å². The quantitative estimate of drug-likeness (QED) is 0.735. The van der Waals surface area contributed by atoms with Crippen molar-refractivity contribution in [2.75, 3.05) is 6.54 Å². The van der Waals surface area contributed by atoms with Gasteiger partial charge in [0, 0.05) is 11.5 Å². The lowest BCUT2D eigenvalue weighted by Gasteiger charge is -2.20. The molecule has 1 aromatic rings. The maximum absolute atomic E-state index is 11.9. The number of amides is 3. The molecule has 6 nitrogen and oxygen atoms in total. The zero-order valence-electron chi connectivity index (χ0n) is 13.4. The van der Waals surface area contributed by atoms with E-state index in [4.69, 9.17) is 0 Å². The van der Waals surface area contributed by atoms with Crippen LogP contribution in [0.2, 0.25) is 0 Å². The highest BCUT2D eigenvalue weighted by Gasteiger charge is 2.21. The molecule has 1 aliphatic rings. The average Bonchev–Trinajstić information content (AvgIpc) is 2.58. The summed E-state index contributed by atoms with van der Waals surface area (Å²) < 4.78 is 0. The van der Waals surface area contributed by atoms with E-state index in [2.05, 4.69) is 16.2 Å². The molecule has 124 valence electrons. The van der Waals surface area contributed by atoms with E-state index < -0.39 is 5.91 Å². The minimum Gasteiger partial charge on any atom is -0.347 e. The molecule has 2 rings (SSSR count). The van der Waals surface area contributed by atoms with E-state index in [0.29, 0.717) is 5.56 Å². The van der Waals surface area contributed by atoms with E-state index in [0.717, 1.165) is 31.2 Å². The van der Waals surface area contributed by atoms with Crippen LogP contribution in [0.5, 0.6) is 0 Å². The Hall–Kier alpha value is -2.37. The molecule has 3 N–H and O–H groups in total. The van der Waals surface area contributed by atoms with E-state index in [9.17, 15) is 14.4 Å².